The van der Waals surface area contributed by atoms with Crippen molar-refractivity contribution in [2.75, 3.05) is 13.1 Å². The van der Waals surface area contributed by atoms with Crippen LogP contribution in [0.15, 0.2) is 28.7 Å². The van der Waals surface area contributed by atoms with Gasteiger partial charge in [-0.2, -0.15) is 0 Å². The van der Waals surface area contributed by atoms with Crippen LogP contribution in [0, 0.1) is 0 Å². The Bertz CT molecular complexity index is 464. The first kappa shape index (κ1) is 11.2. The smallest absolute Gasteiger partial charge is 0.233 e. The van der Waals surface area contributed by atoms with E-state index in [0.717, 1.165) is 22.9 Å². The number of amides is 1. The van der Waals surface area contributed by atoms with Crippen LogP contribution in [0.4, 0.5) is 0 Å². The fourth-order valence-corrected chi connectivity index (χ4v) is 2.86. The minimum atomic E-state index is -0.322. The van der Waals surface area contributed by atoms with Gasteiger partial charge in [0, 0.05) is 17.6 Å². The summed E-state index contributed by atoms with van der Waals surface area (Å²) in [5.41, 5.74) is 0.794. The van der Waals surface area contributed by atoms with E-state index in [1.54, 1.807) is 4.90 Å². The molecule has 0 atom stereocenters. The summed E-state index contributed by atoms with van der Waals surface area (Å²) in [6.45, 7) is 0.989. The summed E-state index contributed by atoms with van der Waals surface area (Å²) < 4.78 is 1.01. The number of aliphatic hydroxyl groups excluding tert-OH is 1. The van der Waals surface area contributed by atoms with Gasteiger partial charge in [0.15, 0.2) is 0 Å². The molecule has 0 bridgehead atoms. The summed E-state index contributed by atoms with van der Waals surface area (Å²) in [7, 11) is 0. The molecular weight excluding hydrogens is 282 g/mol. The van der Waals surface area contributed by atoms with Gasteiger partial charge in [-0.15, -0.1) is 0 Å². The highest BCUT2D eigenvalue weighted by Gasteiger charge is 2.54. The predicted molar refractivity (Wildman–Crippen MR) is 67.6 cm³/mol. The number of hydrogen-bond donors (Lipinski definition) is 1. The molecule has 3 rings (SSSR count). The molecule has 1 aliphatic carbocycles. The fourth-order valence-electron chi connectivity index (χ4n) is 2.46. The maximum absolute atomic E-state index is 12.4. The van der Waals surface area contributed by atoms with Gasteiger partial charge in [-0.25, -0.2) is 0 Å². The molecule has 17 heavy (non-hydrogen) atoms. The highest BCUT2D eigenvalue weighted by molar-refractivity contribution is 9.10. The van der Waals surface area contributed by atoms with E-state index < -0.39 is 0 Å². The summed E-state index contributed by atoms with van der Waals surface area (Å²) in [4.78, 5) is 14.1. The molecule has 1 aliphatic heterocycles. The van der Waals surface area contributed by atoms with Gasteiger partial charge in [0.05, 0.1) is 11.5 Å². The Morgan fingerprint density at radius 1 is 1.41 bits per heavy atom. The number of carbonyl (C=O) groups is 1. The SMILES string of the molecule is O=C(N1CC(O)C1)C1(c2cccc(Br)c2)CC1. The molecular formula is C13H14BrNO2. The second-order valence-electron chi connectivity index (χ2n) is 4.96. The van der Waals surface area contributed by atoms with E-state index in [9.17, 15) is 9.90 Å². The normalized spacial score (nSPS) is 22.1. The number of carbonyl (C=O) groups excluding carboxylic acids is 1. The Hall–Kier alpha value is -0.870. The van der Waals surface area contributed by atoms with Crippen molar-refractivity contribution < 1.29 is 9.90 Å². The molecule has 1 aromatic rings. The molecule has 0 radical (unpaired) electrons. The summed E-state index contributed by atoms with van der Waals surface area (Å²) in [6.07, 6.45) is 1.53. The lowest BCUT2D eigenvalue weighted by Crippen LogP contribution is -2.56. The molecule has 1 N–H and O–H groups in total. The number of aliphatic hydroxyl groups is 1. The molecule has 1 amide bonds. The largest absolute Gasteiger partial charge is 0.389 e. The summed E-state index contributed by atoms with van der Waals surface area (Å²) in [5.74, 6) is 0.181. The van der Waals surface area contributed by atoms with Gasteiger partial charge < -0.3 is 10.0 Å². The minimum Gasteiger partial charge on any atom is -0.389 e. The van der Waals surface area contributed by atoms with Gasteiger partial charge in [0.2, 0.25) is 5.91 Å². The fraction of sp³-hybridized carbons (Fsp3) is 0.462. The summed E-state index contributed by atoms with van der Waals surface area (Å²) >= 11 is 3.44. The lowest BCUT2D eigenvalue weighted by atomic mass is 9.93. The zero-order chi connectivity index (χ0) is 12.0. The van der Waals surface area contributed by atoms with Crippen molar-refractivity contribution in [3.05, 3.63) is 34.3 Å². The first-order valence-electron chi connectivity index (χ1n) is 5.85. The van der Waals surface area contributed by atoms with Crippen molar-refractivity contribution in [1.82, 2.24) is 4.90 Å². The van der Waals surface area contributed by atoms with Crippen LogP contribution in [0.5, 0.6) is 0 Å². The molecule has 90 valence electrons. The summed E-state index contributed by atoms with van der Waals surface area (Å²) in [5, 5.41) is 9.27. The van der Waals surface area contributed by atoms with E-state index in [-0.39, 0.29) is 17.4 Å². The van der Waals surface area contributed by atoms with Crippen LogP contribution in [-0.2, 0) is 10.2 Å². The van der Waals surface area contributed by atoms with E-state index in [4.69, 9.17) is 0 Å². The molecule has 1 aromatic carbocycles. The Morgan fingerprint density at radius 2 is 2.12 bits per heavy atom. The molecule has 2 aliphatic rings. The minimum absolute atomic E-state index is 0.181. The molecule has 2 fully saturated rings. The van der Waals surface area contributed by atoms with Gasteiger partial charge in [-0.1, -0.05) is 28.1 Å². The van der Waals surface area contributed by atoms with Crippen molar-refractivity contribution in [1.29, 1.82) is 0 Å². The maximum Gasteiger partial charge on any atom is 0.233 e. The van der Waals surface area contributed by atoms with E-state index in [2.05, 4.69) is 15.9 Å². The van der Waals surface area contributed by atoms with Crippen molar-refractivity contribution in [2.45, 2.75) is 24.4 Å². The second-order valence-corrected chi connectivity index (χ2v) is 5.87. The molecule has 0 spiro atoms. The molecule has 0 unspecified atom stereocenters. The van der Waals surface area contributed by atoms with Crippen LogP contribution < -0.4 is 0 Å². The van der Waals surface area contributed by atoms with Crippen LogP contribution in [0.3, 0.4) is 0 Å². The third-order valence-electron chi connectivity index (χ3n) is 3.69. The Balaban J connectivity index is 1.84. The number of likely N-dealkylation sites (tertiary alicyclic amines) is 1. The monoisotopic (exact) mass is 295 g/mol. The highest BCUT2D eigenvalue weighted by Crippen LogP contribution is 2.50. The number of rotatable bonds is 2. The van der Waals surface area contributed by atoms with E-state index in [0.29, 0.717) is 13.1 Å². The van der Waals surface area contributed by atoms with Crippen LogP contribution in [0.2, 0.25) is 0 Å². The first-order valence-corrected chi connectivity index (χ1v) is 6.65. The van der Waals surface area contributed by atoms with Crippen molar-refractivity contribution in [3.63, 3.8) is 0 Å². The Labute approximate surface area is 109 Å². The zero-order valence-electron chi connectivity index (χ0n) is 9.40. The van der Waals surface area contributed by atoms with Gasteiger partial charge in [0.25, 0.3) is 0 Å². The average Bonchev–Trinajstić information content (AvgIpc) is 3.05. The number of β-amino-alcohol motifs (C(OH)–C–C–N with tert-alkyl or cyclic N) is 1. The molecule has 1 heterocycles. The topological polar surface area (TPSA) is 40.5 Å². The average molecular weight is 296 g/mol. The molecule has 4 heteroatoms. The molecule has 0 aromatic heterocycles. The van der Waals surface area contributed by atoms with E-state index in [1.165, 1.54) is 0 Å². The van der Waals surface area contributed by atoms with Crippen molar-refractivity contribution >= 4 is 21.8 Å². The zero-order valence-corrected chi connectivity index (χ0v) is 11.0. The van der Waals surface area contributed by atoms with Crippen molar-refractivity contribution in [3.8, 4) is 0 Å². The van der Waals surface area contributed by atoms with Gasteiger partial charge >= 0.3 is 0 Å². The standard InChI is InChI=1S/C13H14BrNO2/c14-10-3-1-2-9(6-10)13(4-5-13)12(17)15-7-11(16)8-15/h1-3,6,11,16H,4-5,7-8H2. The third-order valence-corrected chi connectivity index (χ3v) is 4.18. The Morgan fingerprint density at radius 3 is 2.65 bits per heavy atom. The quantitative estimate of drug-likeness (QED) is 0.902. The van der Waals surface area contributed by atoms with E-state index in [1.807, 2.05) is 24.3 Å². The summed E-state index contributed by atoms with van der Waals surface area (Å²) in [6, 6.07) is 7.99. The predicted octanol–water partition coefficient (Wildman–Crippen LogP) is 1.68. The van der Waals surface area contributed by atoms with Crippen LogP contribution in [-0.4, -0.2) is 35.1 Å². The molecule has 1 saturated heterocycles. The second kappa shape index (κ2) is 3.82. The van der Waals surface area contributed by atoms with Gasteiger partial charge in [-0.05, 0) is 30.5 Å². The van der Waals surface area contributed by atoms with Crippen LogP contribution in [0.25, 0.3) is 0 Å². The third kappa shape index (κ3) is 1.79. The van der Waals surface area contributed by atoms with Crippen LogP contribution in [0.1, 0.15) is 18.4 Å². The molecule has 3 nitrogen and oxygen atoms in total. The lowest BCUT2D eigenvalue weighted by Gasteiger charge is -2.38. The lowest BCUT2D eigenvalue weighted by molar-refractivity contribution is -0.144. The maximum atomic E-state index is 12.4. The highest BCUT2D eigenvalue weighted by atomic mass is 79.9. The first-order chi connectivity index (χ1) is 8.12. The van der Waals surface area contributed by atoms with E-state index >= 15 is 0 Å². The Kier molecular flexibility index (Phi) is 2.52. The van der Waals surface area contributed by atoms with Gasteiger partial charge in [-0.3, -0.25) is 4.79 Å². The van der Waals surface area contributed by atoms with Gasteiger partial charge in [0.1, 0.15) is 0 Å². The number of benzene rings is 1. The molecule has 1 saturated carbocycles. The van der Waals surface area contributed by atoms with Crippen molar-refractivity contribution in [2.24, 2.45) is 0 Å². The number of hydrogen-bond acceptors (Lipinski definition) is 2. The number of nitrogens with zero attached hydrogens (tertiary/aromatic N) is 1. The number of halogens is 1. The van der Waals surface area contributed by atoms with Crippen LogP contribution >= 0.6 is 15.9 Å².